The van der Waals surface area contributed by atoms with E-state index >= 15 is 0 Å². The van der Waals surface area contributed by atoms with Gasteiger partial charge in [0.1, 0.15) is 5.75 Å². The van der Waals surface area contributed by atoms with Crippen LogP contribution >= 0.6 is 11.3 Å². The molecule has 0 saturated carbocycles. The van der Waals surface area contributed by atoms with Crippen molar-refractivity contribution in [2.45, 2.75) is 19.4 Å². The quantitative estimate of drug-likeness (QED) is 0.748. The average Bonchev–Trinajstić information content (AvgIpc) is 3.14. The van der Waals surface area contributed by atoms with Gasteiger partial charge in [-0.05, 0) is 41.6 Å². The number of ether oxygens (including phenoxy) is 1. The Hall–Kier alpha value is -2.87. The summed E-state index contributed by atoms with van der Waals surface area (Å²) < 4.78 is 5.35. The molecule has 0 atom stereocenters. The van der Waals surface area contributed by atoms with Crippen LogP contribution in [0.1, 0.15) is 27.2 Å². The molecule has 1 aromatic heterocycles. The zero-order valence-electron chi connectivity index (χ0n) is 14.8. The predicted molar refractivity (Wildman–Crippen MR) is 102 cm³/mol. The molecule has 0 saturated heterocycles. The molecule has 27 heavy (non-hydrogen) atoms. The summed E-state index contributed by atoms with van der Waals surface area (Å²) in [5, 5.41) is 4.73. The Labute approximate surface area is 161 Å². The average molecular weight is 387 g/mol. The SMILES string of the molecule is NC(=O)c1cccc(OCC(=O)NCCC(=O)N2CCc3sccc3C2)c1. The van der Waals surface area contributed by atoms with Crippen LogP contribution in [-0.4, -0.2) is 42.3 Å². The molecule has 142 valence electrons. The monoisotopic (exact) mass is 387 g/mol. The summed E-state index contributed by atoms with van der Waals surface area (Å²) in [5.74, 6) is -0.471. The van der Waals surface area contributed by atoms with Gasteiger partial charge in [0.05, 0.1) is 0 Å². The summed E-state index contributed by atoms with van der Waals surface area (Å²) in [6, 6.07) is 8.38. The number of thiophene rings is 1. The number of amides is 3. The van der Waals surface area contributed by atoms with Crippen LogP contribution in [0.2, 0.25) is 0 Å². The van der Waals surface area contributed by atoms with Crippen molar-refractivity contribution in [1.29, 1.82) is 0 Å². The molecule has 3 N–H and O–H groups in total. The van der Waals surface area contributed by atoms with Gasteiger partial charge in [0.25, 0.3) is 5.91 Å². The number of hydrogen-bond acceptors (Lipinski definition) is 5. The molecular formula is C19H21N3O4S. The lowest BCUT2D eigenvalue weighted by Gasteiger charge is -2.27. The molecule has 0 unspecified atom stereocenters. The highest BCUT2D eigenvalue weighted by molar-refractivity contribution is 7.10. The minimum Gasteiger partial charge on any atom is -0.484 e. The molecule has 0 radical (unpaired) electrons. The highest BCUT2D eigenvalue weighted by atomic mass is 32.1. The van der Waals surface area contributed by atoms with E-state index in [4.69, 9.17) is 10.5 Å². The zero-order chi connectivity index (χ0) is 19.2. The van der Waals surface area contributed by atoms with Gasteiger partial charge in [-0.1, -0.05) is 6.07 Å². The van der Waals surface area contributed by atoms with Gasteiger partial charge in [-0.2, -0.15) is 0 Å². The van der Waals surface area contributed by atoms with E-state index in [9.17, 15) is 14.4 Å². The van der Waals surface area contributed by atoms with E-state index in [1.165, 1.54) is 16.5 Å². The van der Waals surface area contributed by atoms with Gasteiger partial charge in [-0.25, -0.2) is 0 Å². The molecule has 2 aromatic rings. The number of nitrogens with one attached hydrogen (secondary N) is 1. The maximum atomic E-state index is 12.3. The fourth-order valence-corrected chi connectivity index (χ4v) is 3.76. The van der Waals surface area contributed by atoms with E-state index in [1.54, 1.807) is 29.5 Å². The highest BCUT2D eigenvalue weighted by Crippen LogP contribution is 2.24. The summed E-state index contributed by atoms with van der Waals surface area (Å²) in [7, 11) is 0. The molecule has 7 nitrogen and oxygen atoms in total. The van der Waals surface area contributed by atoms with Crippen LogP contribution in [0.3, 0.4) is 0 Å². The molecule has 0 spiro atoms. The number of carbonyl (C=O) groups excluding carboxylic acids is 3. The summed E-state index contributed by atoms with van der Waals surface area (Å²) >= 11 is 1.73. The van der Waals surface area contributed by atoms with Crippen LogP contribution in [0.5, 0.6) is 5.75 Å². The minimum absolute atomic E-state index is 0.0298. The number of primary amides is 1. The third-order valence-corrected chi connectivity index (χ3v) is 5.33. The normalized spacial score (nSPS) is 13.0. The van der Waals surface area contributed by atoms with Crippen molar-refractivity contribution in [1.82, 2.24) is 10.2 Å². The topological polar surface area (TPSA) is 102 Å². The first-order valence-electron chi connectivity index (χ1n) is 8.65. The van der Waals surface area contributed by atoms with Crippen LogP contribution in [0.15, 0.2) is 35.7 Å². The van der Waals surface area contributed by atoms with Crippen molar-refractivity contribution in [3.63, 3.8) is 0 Å². The Balaban J connectivity index is 1.38. The second kappa shape index (κ2) is 8.68. The van der Waals surface area contributed by atoms with Gasteiger partial charge >= 0.3 is 0 Å². The summed E-state index contributed by atoms with van der Waals surface area (Å²) in [4.78, 5) is 38.5. The first-order valence-corrected chi connectivity index (χ1v) is 9.53. The van der Waals surface area contributed by atoms with Crippen molar-refractivity contribution in [3.8, 4) is 5.75 Å². The summed E-state index contributed by atoms with van der Waals surface area (Å²) in [5.41, 5.74) is 6.74. The van der Waals surface area contributed by atoms with Gasteiger partial charge in [0.15, 0.2) is 6.61 Å². The standard InChI is InChI=1S/C19H21N3O4S/c20-19(25)13-2-1-3-15(10-13)26-12-17(23)21-7-4-18(24)22-8-5-16-14(11-22)6-9-27-16/h1-3,6,9-10H,4-5,7-8,11-12H2,(H2,20,25)(H,21,23). The van der Waals surface area contributed by atoms with Crippen LogP contribution < -0.4 is 15.8 Å². The Morgan fingerprint density at radius 2 is 2.11 bits per heavy atom. The number of nitrogens with two attached hydrogens (primary N) is 1. The van der Waals surface area contributed by atoms with Crippen LogP contribution in [-0.2, 0) is 22.6 Å². The van der Waals surface area contributed by atoms with Gasteiger partial charge in [0.2, 0.25) is 11.8 Å². The lowest BCUT2D eigenvalue weighted by Crippen LogP contribution is -2.38. The van der Waals surface area contributed by atoms with E-state index in [1.807, 2.05) is 4.90 Å². The number of hydrogen-bond donors (Lipinski definition) is 2. The van der Waals surface area contributed by atoms with Crippen molar-refractivity contribution >= 4 is 29.1 Å². The number of benzene rings is 1. The Bertz CT molecular complexity index is 849. The third-order valence-electron chi connectivity index (χ3n) is 4.31. The molecule has 8 heteroatoms. The maximum Gasteiger partial charge on any atom is 0.257 e. The van der Waals surface area contributed by atoms with Crippen molar-refractivity contribution in [2.75, 3.05) is 19.7 Å². The molecule has 3 rings (SSSR count). The van der Waals surface area contributed by atoms with Crippen LogP contribution in [0.25, 0.3) is 0 Å². The first-order chi connectivity index (χ1) is 13.0. The van der Waals surface area contributed by atoms with Gasteiger partial charge in [0, 0.05) is 36.5 Å². The molecular weight excluding hydrogens is 366 g/mol. The molecule has 0 bridgehead atoms. The molecule has 1 aliphatic heterocycles. The largest absolute Gasteiger partial charge is 0.484 e. The third kappa shape index (κ3) is 5.07. The lowest BCUT2D eigenvalue weighted by molar-refractivity contribution is -0.132. The van der Waals surface area contributed by atoms with E-state index < -0.39 is 5.91 Å². The van der Waals surface area contributed by atoms with Gasteiger partial charge in [-0.3, -0.25) is 14.4 Å². The van der Waals surface area contributed by atoms with Crippen molar-refractivity contribution < 1.29 is 19.1 Å². The Kier molecular flexibility index (Phi) is 6.08. The van der Waals surface area contributed by atoms with Crippen LogP contribution in [0.4, 0.5) is 0 Å². The number of carbonyl (C=O) groups is 3. The first kappa shape index (κ1) is 18.9. The zero-order valence-corrected chi connectivity index (χ0v) is 15.6. The maximum absolute atomic E-state index is 12.3. The van der Waals surface area contributed by atoms with Gasteiger partial charge in [-0.15, -0.1) is 11.3 Å². The van der Waals surface area contributed by atoms with Crippen molar-refractivity contribution in [3.05, 3.63) is 51.7 Å². The second-order valence-corrected chi connectivity index (χ2v) is 7.22. The fraction of sp³-hybridized carbons (Fsp3) is 0.316. The smallest absolute Gasteiger partial charge is 0.257 e. The Morgan fingerprint density at radius 1 is 1.26 bits per heavy atom. The molecule has 1 aromatic carbocycles. The summed E-state index contributed by atoms with van der Waals surface area (Å²) in [6.07, 6.45) is 1.14. The van der Waals surface area contributed by atoms with E-state index in [-0.39, 0.29) is 31.4 Å². The minimum atomic E-state index is -0.560. The Morgan fingerprint density at radius 3 is 2.93 bits per heavy atom. The number of nitrogens with zero attached hydrogens (tertiary/aromatic N) is 1. The summed E-state index contributed by atoms with van der Waals surface area (Å²) in [6.45, 7) is 1.43. The predicted octanol–water partition coefficient (Wildman–Crippen LogP) is 1.32. The lowest BCUT2D eigenvalue weighted by atomic mass is 10.1. The van der Waals surface area contributed by atoms with E-state index in [2.05, 4.69) is 16.8 Å². The molecule has 0 aliphatic carbocycles. The number of fused-ring (bicyclic) bond motifs is 1. The van der Waals surface area contributed by atoms with E-state index in [0.29, 0.717) is 17.9 Å². The number of rotatable bonds is 7. The van der Waals surface area contributed by atoms with Crippen molar-refractivity contribution in [2.24, 2.45) is 5.73 Å². The van der Waals surface area contributed by atoms with E-state index in [0.717, 1.165) is 13.0 Å². The molecule has 3 amide bonds. The molecule has 0 fully saturated rings. The fourth-order valence-electron chi connectivity index (χ4n) is 2.87. The highest BCUT2D eigenvalue weighted by Gasteiger charge is 2.21. The molecule has 2 heterocycles. The second-order valence-electron chi connectivity index (χ2n) is 6.22. The van der Waals surface area contributed by atoms with Crippen LogP contribution in [0, 0.1) is 0 Å². The molecule has 1 aliphatic rings. The van der Waals surface area contributed by atoms with Gasteiger partial charge < -0.3 is 20.7 Å².